The number of carbonyl (C=O) groups excluding carboxylic acids is 1. The van der Waals surface area contributed by atoms with Gasteiger partial charge in [0.25, 0.3) is 5.91 Å². The highest BCUT2D eigenvalue weighted by atomic mass is 16.6. The first kappa shape index (κ1) is 15.5. The highest BCUT2D eigenvalue weighted by molar-refractivity contribution is 5.81. The van der Waals surface area contributed by atoms with E-state index < -0.39 is 11.0 Å². The minimum atomic E-state index is -0.901. The first-order chi connectivity index (χ1) is 8.06. The fourth-order valence-electron chi connectivity index (χ4n) is 1.55. The summed E-state index contributed by atoms with van der Waals surface area (Å²) in [6.45, 7) is 4.60. The molecule has 0 aromatic heterocycles. The topological polar surface area (TPSA) is 92.9 Å². The van der Waals surface area contributed by atoms with Crippen LogP contribution in [0.15, 0.2) is 5.18 Å². The van der Waals surface area contributed by atoms with Crippen molar-refractivity contribution in [2.24, 2.45) is 5.18 Å². The zero-order valence-electron chi connectivity index (χ0n) is 10.3. The molecule has 1 amide bonds. The van der Waals surface area contributed by atoms with E-state index in [0.717, 1.165) is 0 Å². The molecule has 0 aliphatic heterocycles. The Labute approximate surface area is 100 Å². The predicted octanol–water partition coefficient (Wildman–Crippen LogP) is 1.44. The molecular weight excluding hydrogens is 226 g/mol. The van der Waals surface area contributed by atoms with Gasteiger partial charge in [0.05, 0.1) is 0 Å². The smallest absolute Gasteiger partial charge is 0.251 e. The summed E-state index contributed by atoms with van der Waals surface area (Å²) in [4.78, 5) is 33.6. The number of likely N-dealkylation sites (N-methyl/N-ethyl adjacent to an activating group) is 1. The monoisotopic (exact) mass is 245 g/mol. The summed E-state index contributed by atoms with van der Waals surface area (Å²) < 4.78 is 0. The third kappa shape index (κ3) is 5.94. The van der Waals surface area contributed by atoms with Crippen LogP contribution in [0.1, 0.15) is 33.1 Å². The van der Waals surface area contributed by atoms with Gasteiger partial charge in [-0.25, -0.2) is 0 Å². The highest BCUT2D eigenvalue weighted by Gasteiger charge is 2.23. The number of amides is 1. The van der Waals surface area contributed by atoms with Crippen LogP contribution >= 0.6 is 0 Å². The molecule has 0 rings (SSSR count). The number of nitroso groups, excluding NO2 is 1. The molecule has 7 heteroatoms. The van der Waals surface area contributed by atoms with Crippen LogP contribution in [0.2, 0.25) is 0 Å². The summed E-state index contributed by atoms with van der Waals surface area (Å²) in [5.41, 5.74) is 0. The summed E-state index contributed by atoms with van der Waals surface area (Å²) in [5.74, 6) is -0.286. The Hall–Kier alpha value is -1.53. The van der Waals surface area contributed by atoms with Crippen molar-refractivity contribution in [3.63, 3.8) is 0 Å². The van der Waals surface area contributed by atoms with Crippen molar-refractivity contribution in [2.75, 3.05) is 19.6 Å². The molecule has 0 bridgehead atoms. The van der Waals surface area contributed by atoms with E-state index in [1.54, 1.807) is 4.90 Å². The van der Waals surface area contributed by atoms with Crippen LogP contribution in [0.4, 0.5) is 0 Å². The summed E-state index contributed by atoms with van der Waals surface area (Å²) in [5, 5.41) is 12.9. The van der Waals surface area contributed by atoms with Gasteiger partial charge in [0.2, 0.25) is 6.54 Å². The van der Waals surface area contributed by atoms with Crippen molar-refractivity contribution in [3.8, 4) is 0 Å². The Kier molecular flexibility index (Phi) is 7.83. The fourth-order valence-corrected chi connectivity index (χ4v) is 1.55. The molecule has 0 spiro atoms. The summed E-state index contributed by atoms with van der Waals surface area (Å²) in [6, 6.07) is -0.901. The standard InChI is InChI=1S/C10H19N3O4/c1-3-12(4-2)10(14)9(11-15)7-5-6-8-13(16)17/h9H,3-8H2,1-2H3. The van der Waals surface area contributed by atoms with E-state index in [4.69, 9.17) is 0 Å². The Morgan fingerprint density at radius 3 is 2.35 bits per heavy atom. The Morgan fingerprint density at radius 2 is 1.94 bits per heavy atom. The average Bonchev–Trinajstić information content (AvgIpc) is 2.30. The maximum absolute atomic E-state index is 11.8. The molecule has 0 saturated carbocycles. The molecule has 1 unspecified atom stereocenters. The number of nitrogens with zero attached hydrogens (tertiary/aromatic N) is 3. The number of hydrogen-bond donors (Lipinski definition) is 0. The molecular formula is C10H19N3O4. The minimum Gasteiger partial charge on any atom is -0.341 e. The van der Waals surface area contributed by atoms with Gasteiger partial charge in [-0.15, -0.1) is 4.91 Å². The molecule has 98 valence electrons. The number of unbranched alkanes of at least 4 members (excludes halogenated alkanes) is 1. The quantitative estimate of drug-likeness (QED) is 0.266. The van der Waals surface area contributed by atoms with E-state index in [0.29, 0.717) is 25.9 Å². The van der Waals surface area contributed by atoms with E-state index >= 15 is 0 Å². The summed E-state index contributed by atoms with van der Waals surface area (Å²) >= 11 is 0. The lowest BCUT2D eigenvalue weighted by Crippen LogP contribution is -2.38. The van der Waals surface area contributed by atoms with Crippen LogP contribution in [0.5, 0.6) is 0 Å². The van der Waals surface area contributed by atoms with Crippen LogP contribution < -0.4 is 0 Å². The first-order valence-corrected chi connectivity index (χ1v) is 5.79. The fraction of sp³-hybridized carbons (Fsp3) is 0.900. The van der Waals surface area contributed by atoms with Gasteiger partial charge in [-0.2, -0.15) is 0 Å². The highest BCUT2D eigenvalue weighted by Crippen LogP contribution is 2.08. The lowest BCUT2D eigenvalue weighted by molar-refractivity contribution is -0.480. The molecule has 1 atom stereocenters. The van der Waals surface area contributed by atoms with Crippen molar-refractivity contribution in [3.05, 3.63) is 15.0 Å². The van der Waals surface area contributed by atoms with Crippen LogP contribution in [0, 0.1) is 15.0 Å². The lowest BCUT2D eigenvalue weighted by atomic mass is 10.1. The molecule has 0 radical (unpaired) electrons. The summed E-state index contributed by atoms with van der Waals surface area (Å²) in [6.07, 6.45) is 1.11. The van der Waals surface area contributed by atoms with Gasteiger partial charge >= 0.3 is 0 Å². The van der Waals surface area contributed by atoms with Gasteiger partial charge in [-0.05, 0) is 26.7 Å². The van der Waals surface area contributed by atoms with Crippen LogP contribution in [0.25, 0.3) is 0 Å². The van der Waals surface area contributed by atoms with Crippen molar-refractivity contribution in [2.45, 2.75) is 39.2 Å². The van der Waals surface area contributed by atoms with Crippen molar-refractivity contribution >= 4 is 5.91 Å². The minimum absolute atomic E-state index is 0.134. The second kappa shape index (κ2) is 8.60. The zero-order chi connectivity index (χ0) is 13.3. The van der Waals surface area contributed by atoms with Gasteiger partial charge in [-0.1, -0.05) is 5.18 Å². The normalized spacial score (nSPS) is 11.9. The second-order valence-electron chi connectivity index (χ2n) is 3.68. The van der Waals surface area contributed by atoms with E-state index in [2.05, 4.69) is 5.18 Å². The second-order valence-corrected chi connectivity index (χ2v) is 3.68. The largest absolute Gasteiger partial charge is 0.341 e. The molecule has 0 aliphatic carbocycles. The van der Waals surface area contributed by atoms with E-state index in [1.165, 1.54) is 0 Å². The van der Waals surface area contributed by atoms with E-state index in [1.807, 2.05) is 13.8 Å². The third-order valence-corrected chi connectivity index (χ3v) is 2.56. The molecule has 0 saturated heterocycles. The SMILES string of the molecule is CCN(CC)C(=O)C(CCCC[N+](=O)[O-])N=O. The molecule has 0 N–H and O–H groups in total. The molecule has 17 heavy (non-hydrogen) atoms. The average molecular weight is 245 g/mol. The Morgan fingerprint density at radius 1 is 1.35 bits per heavy atom. The van der Waals surface area contributed by atoms with Crippen LogP contribution in [0.3, 0.4) is 0 Å². The third-order valence-electron chi connectivity index (χ3n) is 2.56. The molecule has 0 aromatic carbocycles. The van der Waals surface area contributed by atoms with Crippen LogP contribution in [-0.2, 0) is 4.79 Å². The van der Waals surface area contributed by atoms with Gasteiger partial charge in [0.15, 0.2) is 6.04 Å². The van der Waals surface area contributed by atoms with Crippen molar-refractivity contribution in [1.82, 2.24) is 4.90 Å². The number of hydrogen-bond acceptors (Lipinski definition) is 5. The Balaban J connectivity index is 4.09. The van der Waals surface area contributed by atoms with Crippen LogP contribution in [-0.4, -0.2) is 41.4 Å². The molecule has 0 heterocycles. The van der Waals surface area contributed by atoms with Gasteiger partial charge in [0, 0.05) is 24.4 Å². The number of rotatable bonds is 9. The summed E-state index contributed by atoms with van der Waals surface area (Å²) in [7, 11) is 0. The lowest BCUT2D eigenvalue weighted by Gasteiger charge is -2.21. The number of carbonyl (C=O) groups is 1. The van der Waals surface area contributed by atoms with Gasteiger partial charge in [0.1, 0.15) is 0 Å². The first-order valence-electron chi connectivity index (χ1n) is 5.79. The Bertz CT molecular complexity index is 266. The van der Waals surface area contributed by atoms with Crippen molar-refractivity contribution in [1.29, 1.82) is 0 Å². The van der Waals surface area contributed by atoms with Gasteiger partial charge < -0.3 is 4.90 Å². The molecule has 0 aliphatic rings. The maximum Gasteiger partial charge on any atom is 0.251 e. The van der Waals surface area contributed by atoms with E-state index in [-0.39, 0.29) is 18.9 Å². The number of nitro groups is 1. The molecule has 0 aromatic rings. The van der Waals surface area contributed by atoms with Crippen molar-refractivity contribution < 1.29 is 9.72 Å². The van der Waals surface area contributed by atoms with Gasteiger partial charge in [-0.3, -0.25) is 14.9 Å². The molecule has 0 fully saturated rings. The zero-order valence-corrected chi connectivity index (χ0v) is 10.3. The van der Waals surface area contributed by atoms with E-state index in [9.17, 15) is 19.8 Å². The maximum atomic E-state index is 11.8. The molecule has 7 nitrogen and oxygen atoms in total. The predicted molar refractivity (Wildman–Crippen MR) is 63.2 cm³/mol.